The van der Waals surface area contributed by atoms with Crippen LogP contribution >= 0.6 is 23.1 Å². The van der Waals surface area contributed by atoms with E-state index < -0.39 is 0 Å². The Bertz CT molecular complexity index is 1290. The van der Waals surface area contributed by atoms with Crippen molar-refractivity contribution in [3.63, 3.8) is 0 Å². The smallest absolute Gasteiger partial charge is 0.131 e. The highest BCUT2D eigenvalue weighted by molar-refractivity contribution is 7.13. The SMILES string of the molecule is COc1ccc(-c2ccc(-c3ccc(-c4cccs4)c4nsnc34)c(F)c2)cc1. The molecule has 0 aliphatic rings. The van der Waals surface area contributed by atoms with Crippen LogP contribution in [0.2, 0.25) is 0 Å². The van der Waals surface area contributed by atoms with E-state index in [1.807, 2.05) is 60.0 Å². The number of rotatable bonds is 4. The Morgan fingerprint density at radius 3 is 2.17 bits per heavy atom. The van der Waals surface area contributed by atoms with Crippen LogP contribution < -0.4 is 4.74 Å². The number of fused-ring (bicyclic) bond motifs is 1. The first-order valence-electron chi connectivity index (χ1n) is 8.98. The molecule has 0 aliphatic carbocycles. The molecule has 5 rings (SSSR count). The van der Waals surface area contributed by atoms with Crippen molar-refractivity contribution < 1.29 is 9.13 Å². The second kappa shape index (κ2) is 7.39. The van der Waals surface area contributed by atoms with Crippen molar-refractivity contribution in [2.75, 3.05) is 7.11 Å². The molecule has 0 aliphatic heterocycles. The summed E-state index contributed by atoms with van der Waals surface area (Å²) in [6.07, 6.45) is 0. The molecule has 0 spiro atoms. The predicted octanol–water partition coefficient (Wildman–Crippen LogP) is 6.90. The molecule has 5 aromatic rings. The first-order valence-corrected chi connectivity index (χ1v) is 10.6. The number of hydrogen-bond donors (Lipinski definition) is 0. The van der Waals surface area contributed by atoms with Crippen molar-refractivity contribution in [1.29, 1.82) is 0 Å². The number of benzene rings is 3. The molecule has 2 aromatic heterocycles. The van der Waals surface area contributed by atoms with Gasteiger partial charge in [-0.3, -0.25) is 0 Å². The van der Waals surface area contributed by atoms with E-state index in [1.54, 1.807) is 24.5 Å². The maximum Gasteiger partial charge on any atom is 0.131 e. The van der Waals surface area contributed by atoms with Gasteiger partial charge in [-0.25, -0.2) is 4.39 Å². The van der Waals surface area contributed by atoms with E-state index in [2.05, 4.69) is 14.8 Å². The average molecular weight is 419 g/mol. The molecule has 3 nitrogen and oxygen atoms in total. The van der Waals surface area contributed by atoms with Crippen LogP contribution in [-0.4, -0.2) is 15.9 Å². The topological polar surface area (TPSA) is 35.0 Å². The summed E-state index contributed by atoms with van der Waals surface area (Å²) in [5.41, 5.74) is 5.61. The van der Waals surface area contributed by atoms with Gasteiger partial charge in [0.15, 0.2) is 0 Å². The third-order valence-corrected chi connectivity index (χ3v) is 6.32. The number of methoxy groups -OCH3 is 1. The Balaban J connectivity index is 1.58. The van der Waals surface area contributed by atoms with Gasteiger partial charge in [0.25, 0.3) is 0 Å². The highest BCUT2D eigenvalue weighted by Crippen LogP contribution is 2.37. The zero-order valence-electron chi connectivity index (χ0n) is 15.4. The molecule has 0 bridgehead atoms. The van der Waals surface area contributed by atoms with Gasteiger partial charge in [0.05, 0.1) is 18.8 Å². The van der Waals surface area contributed by atoms with Crippen molar-refractivity contribution in [3.05, 3.63) is 77.9 Å². The summed E-state index contributed by atoms with van der Waals surface area (Å²) in [4.78, 5) is 1.13. The van der Waals surface area contributed by atoms with Gasteiger partial charge in [-0.1, -0.05) is 42.5 Å². The summed E-state index contributed by atoms with van der Waals surface area (Å²) in [6, 6.07) is 20.9. The quantitative estimate of drug-likeness (QED) is 0.318. The second-order valence-electron chi connectivity index (χ2n) is 6.52. The fourth-order valence-electron chi connectivity index (χ4n) is 3.41. The van der Waals surface area contributed by atoms with Crippen LogP contribution in [0.4, 0.5) is 4.39 Å². The lowest BCUT2D eigenvalue weighted by molar-refractivity contribution is 0.415. The van der Waals surface area contributed by atoms with Crippen molar-refractivity contribution in [3.8, 4) is 38.4 Å². The Hall–Kier alpha value is -3.09. The van der Waals surface area contributed by atoms with Gasteiger partial charge < -0.3 is 4.74 Å². The summed E-state index contributed by atoms with van der Waals surface area (Å²) >= 11 is 2.81. The molecule has 142 valence electrons. The molecular weight excluding hydrogens is 403 g/mol. The zero-order chi connectivity index (χ0) is 19.8. The van der Waals surface area contributed by atoms with E-state index >= 15 is 4.39 Å². The molecule has 0 N–H and O–H groups in total. The summed E-state index contributed by atoms with van der Waals surface area (Å²) in [7, 11) is 1.63. The summed E-state index contributed by atoms with van der Waals surface area (Å²) in [5.74, 6) is 0.492. The van der Waals surface area contributed by atoms with Crippen LogP contribution in [0.1, 0.15) is 0 Å². The van der Waals surface area contributed by atoms with Gasteiger partial charge >= 0.3 is 0 Å². The van der Waals surface area contributed by atoms with Gasteiger partial charge in [0, 0.05) is 21.6 Å². The minimum Gasteiger partial charge on any atom is -0.497 e. The Kier molecular flexibility index (Phi) is 4.58. The molecule has 0 saturated carbocycles. The average Bonchev–Trinajstić information content (AvgIpc) is 3.46. The molecular formula is C23H15FN2OS2. The van der Waals surface area contributed by atoms with Crippen molar-refractivity contribution in [2.45, 2.75) is 0 Å². The van der Waals surface area contributed by atoms with Crippen LogP contribution in [0.5, 0.6) is 5.75 Å². The van der Waals surface area contributed by atoms with Gasteiger partial charge in [-0.2, -0.15) is 8.75 Å². The lowest BCUT2D eigenvalue weighted by Gasteiger charge is -2.09. The number of ether oxygens (including phenoxy) is 1. The van der Waals surface area contributed by atoms with Gasteiger partial charge in [-0.05, 0) is 40.8 Å². The van der Waals surface area contributed by atoms with E-state index in [4.69, 9.17) is 4.74 Å². The predicted molar refractivity (Wildman–Crippen MR) is 118 cm³/mol. The highest BCUT2D eigenvalue weighted by atomic mass is 32.1. The second-order valence-corrected chi connectivity index (χ2v) is 8.00. The van der Waals surface area contributed by atoms with E-state index in [0.29, 0.717) is 5.56 Å². The maximum atomic E-state index is 15.1. The minimum absolute atomic E-state index is 0.281. The Labute approximate surface area is 175 Å². The number of aromatic nitrogens is 2. The molecule has 6 heteroatoms. The van der Waals surface area contributed by atoms with Crippen LogP contribution in [0.3, 0.4) is 0 Å². The zero-order valence-corrected chi connectivity index (χ0v) is 17.1. The lowest BCUT2D eigenvalue weighted by Crippen LogP contribution is -1.89. The molecule has 0 atom stereocenters. The number of thiophene rings is 1. The maximum absolute atomic E-state index is 15.1. The van der Waals surface area contributed by atoms with E-state index in [-0.39, 0.29) is 5.82 Å². The molecule has 0 amide bonds. The van der Waals surface area contributed by atoms with E-state index in [1.165, 1.54) is 0 Å². The molecule has 2 heterocycles. The highest BCUT2D eigenvalue weighted by Gasteiger charge is 2.16. The Morgan fingerprint density at radius 1 is 0.793 bits per heavy atom. The normalized spacial score (nSPS) is 11.1. The molecule has 0 unspecified atom stereocenters. The number of halogens is 1. The first kappa shape index (κ1) is 18.0. The Morgan fingerprint density at radius 2 is 1.48 bits per heavy atom. The van der Waals surface area contributed by atoms with Crippen LogP contribution in [0.25, 0.3) is 43.7 Å². The fourth-order valence-corrected chi connectivity index (χ4v) is 4.74. The standard InChI is InChI=1S/C23H15FN2OS2/c1-27-16-7-4-14(5-8-16)15-6-9-17(20(24)13-15)18-10-11-19(21-3-2-12-28-21)23-22(18)25-29-26-23/h2-13H,1H3. The van der Waals surface area contributed by atoms with Crippen LogP contribution in [0, 0.1) is 5.82 Å². The van der Waals surface area contributed by atoms with Crippen molar-refractivity contribution in [1.82, 2.24) is 8.75 Å². The number of nitrogens with zero attached hydrogens (tertiary/aromatic N) is 2. The summed E-state index contributed by atoms with van der Waals surface area (Å²) in [6.45, 7) is 0. The lowest BCUT2D eigenvalue weighted by atomic mass is 9.97. The summed E-state index contributed by atoms with van der Waals surface area (Å²) < 4.78 is 29.2. The van der Waals surface area contributed by atoms with Crippen LogP contribution in [-0.2, 0) is 0 Å². The summed E-state index contributed by atoms with van der Waals surface area (Å²) in [5, 5.41) is 2.03. The minimum atomic E-state index is -0.281. The van der Waals surface area contributed by atoms with Crippen molar-refractivity contribution in [2.24, 2.45) is 0 Å². The largest absolute Gasteiger partial charge is 0.497 e. The van der Waals surface area contributed by atoms with E-state index in [0.717, 1.165) is 55.6 Å². The van der Waals surface area contributed by atoms with Crippen molar-refractivity contribution >= 4 is 34.1 Å². The van der Waals surface area contributed by atoms with Gasteiger partial charge in [0.2, 0.25) is 0 Å². The molecule has 0 radical (unpaired) electrons. The molecule has 3 aromatic carbocycles. The number of hydrogen-bond acceptors (Lipinski definition) is 5. The van der Waals surface area contributed by atoms with Gasteiger partial charge in [-0.15, -0.1) is 11.3 Å². The van der Waals surface area contributed by atoms with E-state index in [9.17, 15) is 0 Å². The molecule has 0 saturated heterocycles. The third kappa shape index (κ3) is 3.20. The fraction of sp³-hybridized carbons (Fsp3) is 0.0435. The monoisotopic (exact) mass is 418 g/mol. The molecule has 29 heavy (non-hydrogen) atoms. The van der Waals surface area contributed by atoms with Crippen LogP contribution in [0.15, 0.2) is 72.1 Å². The first-order chi connectivity index (χ1) is 14.2. The van der Waals surface area contributed by atoms with Gasteiger partial charge in [0.1, 0.15) is 22.6 Å². The third-order valence-electron chi connectivity index (χ3n) is 4.88. The molecule has 0 fully saturated rings.